The third-order valence-corrected chi connectivity index (χ3v) is 2.94. The molecule has 0 radical (unpaired) electrons. The lowest BCUT2D eigenvalue weighted by molar-refractivity contribution is 0.0917. The van der Waals surface area contributed by atoms with Gasteiger partial charge in [-0.3, -0.25) is 4.79 Å². The Morgan fingerprint density at radius 1 is 1.24 bits per heavy atom. The first-order valence-electron chi connectivity index (χ1n) is 5.82. The van der Waals surface area contributed by atoms with E-state index in [4.69, 9.17) is 21.6 Å². The number of hydrogen-bond donors (Lipinski definition) is 0. The van der Waals surface area contributed by atoms with Crippen molar-refractivity contribution in [2.24, 2.45) is 0 Å². The number of nitrogens with zero attached hydrogens (tertiary/aromatic N) is 1. The highest BCUT2D eigenvalue weighted by molar-refractivity contribution is 6.32. The van der Waals surface area contributed by atoms with Gasteiger partial charge in [-0.15, -0.1) is 0 Å². The fourth-order valence-corrected chi connectivity index (χ4v) is 1.85. The SMILES string of the molecule is N#Cc1ccc(OCC(=O)c2cc(F)ccc2F)c(Cl)c1. The number of hydrogen-bond acceptors (Lipinski definition) is 3. The molecule has 0 saturated carbocycles. The summed E-state index contributed by atoms with van der Waals surface area (Å²) in [6.07, 6.45) is 0. The average molecular weight is 308 g/mol. The third-order valence-electron chi connectivity index (χ3n) is 2.65. The number of carbonyl (C=O) groups is 1. The largest absolute Gasteiger partial charge is 0.484 e. The fourth-order valence-electron chi connectivity index (χ4n) is 1.62. The highest BCUT2D eigenvalue weighted by Gasteiger charge is 2.14. The van der Waals surface area contributed by atoms with Crippen molar-refractivity contribution in [3.63, 3.8) is 0 Å². The molecule has 2 rings (SSSR count). The Kier molecular flexibility index (Phi) is 4.51. The Labute approximate surface area is 124 Å². The van der Waals surface area contributed by atoms with E-state index < -0.39 is 24.0 Å². The second-order valence-corrected chi connectivity index (χ2v) is 4.50. The summed E-state index contributed by atoms with van der Waals surface area (Å²) in [5.41, 5.74) is -0.0466. The first-order chi connectivity index (χ1) is 10.0. The van der Waals surface area contributed by atoms with Crippen molar-refractivity contribution < 1.29 is 18.3 Å². The van der Waals surface area contributed by atoms with Gasteiger partial charge in [0.2, 0.25) is 5.78 Å². The number of ether oxygens (including phenoxy) is 1. The average Bonchev–Trinajstić information content (AvgIpc) is 2.48. The molecule has 0 heterocycles. The van der Waals surface area contributed by atoms with Gasteiger partial charge in [-0.25, -0.2) is 8.78 Å². The Hall–Kier alpha value is -2.45. The molecule has 21 heavy (non-hydrogen) atoms. The van der Waals surface area contributed by atoms with E-state index >= 15 is 0 Å². The molecule has 0 fully saturated rings. The molecule has 0 N–H and O–H groups in total. The summed E-state index contributed by atoms with van der Waals surface area (Å²) < 4.78 is 31.6. The topological polar surface area (TPSA) is 50.1 Å². The lowest BCUT2D eigenvalue weighted by Gasteiger charge is -2.08. The molecule has 0 aromatic heterocycles. The van der Waals surface area contributed by atoms with E-state index in [0.717, 1.165) is 18.2 Å². The quantitative estimate of drug-likeness (QED) is 0.808. The van der Waals surface area contributed by atoms with E-state index in [-0.39, 0.29) is 16.3 Å². The van der Waals surface area contributed by atoms with Crippen LogP contribution in [0.25, 0.3) is 0 Å². The van der Waals surface area contributed by atoms with Gasteiger partial charge in [0.15, 0.2) is 6.61 Å². The molecule has 0 unspecified atom stereocenters. The summed E-state index contributed by atoms with van der Waals surface area (Å²) in [5.74, 6) is -2.07. The van der Waals surface area contributed by atoms with Gasteiger partial charge in [0, 0.05) is 0 Å². The van der Waals surface area contributed by atoms with Crippen LogP contribution < -0.4 is 4.74 Å². The van der Waals surface area contributed by atoms with E-state index in [1.807, 2.05) is 6.07 Å². The molecule has 0 aliphatic heterocycles. The van der Waals surface area contributed by atoms with Crippen LogP contribution in [0.1, 0.15) is 15.9 Å². The van der Waals surface area contributed by atoms with Crippen LogP contribution >= 0.6 is 11.6 Å². The van der Waals surface area contributed by atoms with Gasteiger partial charge in [-0.05, 0) is 36.4 Å². The van der Waals surface area contributed by atoms with Crippen LogP contribution in [0.5, 0.6) is 5.75 Å². The van der Waals surface area contributed by atoms with E-state index in [2.05, 4.69) is 0 Å². The number of benzene rings is 2. The molecule has 0 saturated heterocycles. The number of Topliss-reactive ketones (excluding diaryl/α,β-unsaturated/α-hetero) is 1. The Morgan fingerprint density at radius 2 is 2.00 bits per heavy atom. The van der Waals surface area contributed by atoms with Gasteiger partial charge in [-0.2, -0.15) is 5.26 Å². The number of carbonyl (C=O) groups excluding carboxylic acids is 1. The molecule has 0 spiro atoms. The monoisotopic (exact) mass is 307 g/mol. The van der Waals surface area contributed by atoms with Crippen LogP contribution in [0.3, 0.4) is 0 Å². The number of nitriles is 1. The first-order valence-corrected chi connectivity index (χ1v) is 6.20. The Morgan fingerprint density at radius 3 is 2.67 bits per heavy atom. The van der Waals surface area contributed by atoms with Gasteiger partial charge >= 0.3 is 0 Å². The minimum atomic E-state index is -0.823. The summed E-state index contributed by atoms with van der Waals surface area (Å²) >= 11 is 5.87. The van der Waals surface area contributed by atoms with Gasteiger partial charge in [0.05, 0.1) is 22.2 Å². The molecule has 0 bridgehead atoms. The molecule has 3 nitrogen and oxygen atoms in total. The van der Waals surface area contributed by atoms with E-state index in [1.54, 1.807) is 0 Å². The predicted molar refractivity (Wildman–Crippen MR) is 72.4 cm³/mol. The third kappa shape index (κ3) is 3.56. The molecular formula is C15H8ClF2NO2. The van der Waals surface area contributed by atoms with Crippen LogP contribution in [0.15, 0.2) is 36.4 Å². The highest BCUT2D eigenvalue weighted by atomic mass is 35.5. The maximum atomic E-state index is 13.4. The van der Waals surface area contributed by atoms with Crippen LogP contribution in [0.2, 0.25) is 5.02 Å². The zero-order valence-electron chi connectivity index (χ0n) is 10.6. The minimum Gasteiger partial charge on any atom is -0.484 e. The van der Waals surface area contributed by atoms with Crippen molar-refractivity contribution >= 4 is 17.4 Å². The minimum absolute atomic E-state index is 0.154. The van der Waals surface area contributed by atoms with Crippen molar-refractivity contribution in [2.45, 2.75) is 0 Å². The molecule has 106 valence electrons. The Bertz CT molecular complexity index is 741. The van der Waals surface area contributed by atoms with E-state index in [1.165, 1.54) is 18.2 Å². The van der Waals surface area contributed by atoms with Crippen molar-refractivity contribution in [1.82, 2.24) is 0 Å². The van der Waals surface area contributed by atoms with Crippen molar-refractivity contribution in [1.29, 1.82) is 5.26 Å². The molecule has 6 heteroatoms. The summed E-state index contributed by atoms with van der Waals surface area (Å²) in [4.78, 5) is 11.8. The molecular weight excluding hydrogens is 300 g/mol. The van der Waals surface area contributed by atoms with Crippen LogP contribution in [0, 0.1) is 23.0 Å². The normalized spacial score (nSPS) is 10.0. The molecule has 0 amide bonds. The molecule has 0 aliphatic rings. The molecule has 2 aromatic rings. The highest BCUT2D eigenvalue weighted by Crippen LogP contribution is 2.25. The maximum absolute atomic E-state index is 13.4. The van der Waals surface area contributed by atoms with Crippen LogP contribution in [0.4, 0.5) is 8.78 Å². The summed E-state index contributed by atoms with van der Waals surface area (Å²) in [7, 11) is 0. The predicted octanol–water partition coefficient (Wildman–Crippen LogP) is 3.75. The smallest absolute Gasteiger partial charge is 0.203 e. The van der Waals surface area contributed by atoms with Gasteiger partial charge in [0.1, 0.15) is 17.4 Å². The second-order valence-electron chi connectivity index (χ2n) is 4.09. The van der Waals surface area contributed by atoms with Crippen molar-refractivity contribution in [2.75, 3.05) is 6.61 Å². The lowest BCUT2D eigenvalue weighted by atomic mass is 10.1. The molecule has 2 aromatic carbocycles. The zero-order chi connectivity index (χ0) is 15.4. The summed E-state index contributed by atoms with van der Waals surface area (Å²) in [5, 5.41) is 8.85. The lowest BCUT2D eigenvalue weighted by Crippen LogP contribution is -2.13. The van der Waals surface area contributed by atoms with Crippen molar-refractivity contribution in [3.8, 4) is 11.8 Å². The van der Waals surface area contributed by atoms with E-state index in [9.17, 15) is 13.6 Å². The van der Waals surface area contributed by atoms with Crippen molar-refractivity contribution in [3.05, 3.63) is 64.2 Å². The fraction of sp³-hybridized carbons (Fsp3) is 0.0667. The molecule has 0 atom stereocenters. The van der Waals surface area contributed by atoms with Gasteiger partial charge < -0.3 is 4.74 Å². The standard InChI is InChI=1S/C15H8ClF2NO2/c16-12-5-9(7-19)1-4-15(12)21-8-14(20)11-6-10(17)2-3-13(11)18/h1-6H,8H2. The zero-order valence-corrected chi connectivity index (χ0v) is 11.3. The molecule has 0 aliphatic carbocycles. The number of ketones is 1. The van der Waals surface area contributed by atoms with Crippen LogP contribution in [-0.2, 0) is 0 Å². The second kappa shape index (κ2) is 6.33. The summed E-state index contributed by atoms with van der Waals surface area (Å²) in [6.45, 7) is -0.494. The van der Waals surface area contributed by atoms with Gasteiger partial charge in [0.25, 0.3) is 0 Å². The van der Waals surface area contributed by atoms with E-state index in [0.29, 0.717) is 5.56 Å². The van der Waals surface area contributed by atoms with Crippen LogP contribution in [-0.4, -0.2) is 12.4 Å². The van der Waals surface area contributed by atoms with Gasteiger partial charge in [-0.1, -0.05) is 11.6 Å². The first kappa shape index (κ1) is 14.9. The number of rotatable bonds is 4. The number of halogens is 3. The summed E-state index contributed by atoms with van der Waals surface area (Å²) in [6, 6.07) is 8.77. The maximum Gasteiger partial charge on any atom is 0.203 e. The Balaban J connectivity index is 2.11.